The van der Waals surface area contributed by atoms with Gasteiger partial charge in [-0.15, -0.1) is 0 Å². The predicted molar refractivity (Wildman–Crippen MR) is 81.5 cm³/mol. The number of nitrogens with one attached hydrogen (secondary N) is 1. The molecule has 7 nitrogen and oxygen atoms in total. The highest BCUT2D eigenvalue weighted by Crippen LogP contribution is 2.19. The summed E-state index contributed by atoms with van der Waals surface area (Å²) in [6.07, 6.45) is 0.196. The van der Waals surface area contributed by atoms with Crippen LogP contribution in [0.3, 0.4) is 0 Å². The van der Waals surface area contributed by atoms with Crippen molar-refractivity contribution in [3.63, 3.8) is 0 Å². The Labute approximate surface area is 129 Å². The SMILES string of the molecule is CC(C)(C)CC(=O)OCC(=O)Nc1cccc(S(N)(=O)=O)c1. The zero-order valence-electron chi connectivity index (χ0n) is 12.8. The predicted octanol–water partition coefficient (Wildman–Crippen LogP) is 1.25. The molecular weight excluding hydrogens is 308 g/mol. The lowest BCUT2D eigenvalue weighted by Gasteiger charge is -2.16. The molecule has 1 rings (SSSR count). The maximum absolute atomic E-state index is 11.7. The summed E-state index contributed by atoms with van der Waals surface area (Å²) in [5, 5.41) is 7.44. The number of anilines is 1. The van der Waals surface area contributed by atoms with Gasteiger partial charge in [-0.3, -0.25) is 9.59 Å². The van der Waals surface area contributed by atoms with Crippen molar-refractivity contribution < 1.29 is 22.7 Å². The topological polar surface area (TPSA) is 116 Å². The van der Waals surface area contributed by atoms with Crippen LogP contribution in [0, 0.1) is 5.41 Å². The van der Waals surface area contributed by atoms with Gasteiger partial charge in [-0.25, -0.2) is 13.6 Å². The molecule has 122 valence electrons. The molecule has 0 fully saturated rings. The molecule has 0 bridgehead atoms. The van der Waals surface area contributed by atoms with Crippen molar-refractivity contribution in [2.24, 2.45) is 10.6 Å². The Bertz CT molecular complexity index is 662. The van der Waals surface area contributed by atoms with Crippen molar-refractivity contribution in [1.29, 1.82) is 0 Å². The number of amides is 1. The molecule has 1 amide bonds. The summed E-state index contributed by atoms with van der Waals surface area (Å²) in [5.74, 6) is -1.03. The number of sulfonamides is 1. The maximum Gasteiger partial charge on any atom is 0.306 e. The van der Waals surface area contributed by atoms with Gasteiger partial charge in [0.2, 0.25) is 10.0 Å². The molecule has 0 unspecified atom stereocenters. The smallest absolute Gasteiger partial charge is 0.306 e. The number of benzene rings is 1. The number of esters is 1. The Kier molecular flexibility index (Phi) is 5.67. The molecule has 0 radical (unpaired) electrons. The van der Waals surface area contributed by atoms with Crippen molar-refractivity contribution in [2.75, 3.05) is 11.9 Å². The van der Waals surface area contributed by atoms with Gasteiger partial charge >= 0.3 is 5.97 Å². The van der Waals surface area contributed by atoms with Crippen LogP contribution in [0.2, 0.25) is 0 Å². The monoisotopic (exact) mass is 328 g/mol. The number of ether oxygens (including phenoxy) is 1. The Morgan fingerprint density at radius 3 is 2.45 bits per heavy atom. The summed E-state index contributed by atoms with van der Waals surface area (Å²) in [4.78, 5) is 23.1. The van der Waals surface area contributed by atoms with Crippen LogP contribution in [0.4, 0.5) is 5.69 Å². The Hall–Kier alpha value is -1.93. The van der Waals surface area contributed by atoms with E-state index in [9.17, 15) is 18.0 Å². The summed E-state index contributed by atoms with van der Waals surface area (Å²) < 4.78 is 27.3. The third kappa shape index (κ3) is 6.68. The standard InChI is InChI=1S/C14H20N2O5S/c1-14(2,3)8-13(18)21-9-12(17)16-10-5-4-6-11(7-10)22(15,19)20/h4-7H,8-9H2,1-3H3,(H,16,17)(H2,15,19,20). The van der Waals surface area contributed by atoms with Crippen LogP contribution >= 0.6 is 0 Å². The van der Waals surface area contributed by atoms with E-state index in [0.717, 1.165) is 0 Å². The fourth-order valence-electron chi connectivity index (χ4n) is 1.58. The third-order valence-electron chi connectivity index (χ3n) is 2.49. The first-order valence-corrected chi connectivity index (χ1v) is 8.10. The summed E-state index contributed by atoms with van der Waals surface area (Å²) >= 11 is 0. The molecule has 0 aliphatic carbocycles. The largest absolute Gasteiger partial charge is 0.456 e. The second-order valence-electron chi connectivity index (χ2n) is 6.02. The molecule has 0 heterocycles. The van der Waals surface area contributed by atoms with Gasteiger partial charge in [-0.2, -0.15) is 0 Å². The van der Waals surface area contributed by atoms with Gasteiger partial charge in [0.05, 0.1) is 11.3 Å². The van der Waals surface area contributed by atoms with Gasteiger partial charge in [0.15, 0.2) is 6.61 Å². The Balaban J connectivity index is 2.58. The molecule has 22 heavy (non-hydrogen) atoms. The highest BCUT2D eigenvalue weighted by molar-refractivity contribution is 7.89. The molecule has 0 aliphatic rings. The molecule has 3 N–H and O–H groups in total. The molecule has 0 aromatic heterocycles. The fraction of sp³-hybridized carbons (Fsp3) is 0.429. The number of nitrogens with two attached hydrogens (primary N) is 1. The summed E-state index contributed by atoms with van der Waals surface area (Å²) in [7, 11) is -3.84. The number of rotatable bonds is 5. The average Bonchev–Trinajstić information content (AvgIpc) is 2.34. The number of carbonyl (C=O) groups excluding carboxylic acids is 2. The molecule has 1 aromatic carbocycles. The first-order valence-electron chi connectivity index (χ1n) is 6.56. The van der Waals surface area contributed by atoms with Crippen LogP contribution in [-0.4, -0.2) is 26.9 Å². The van der Waals surface area contributed by atoms with E-state index >= 15 is 0 Å². The van der Waals surface area contributed by atoms with E-state index in [1.807, 2.05) is 20.8 Å². The van der Waals surface area contributed by atoms with Crippen molar-refractivity contribution in [2.45, 2.75) is 32.1 Å². The minimum atomic E-state index is -3.84. The fourth-order valence-corrected chi connectivity index (χ4v) is 2.14. The van der Waals surface area contributed by atoms with E-state index in [1.54, 1.807) is 0 Å². The van der Waals surface area contributed by atoms with E-state index < -0.39 is 28.5 Å². The zero-order valence-corrected chi connectivity index (χ0v) is 13.6. The van der Waals surface area contributed by atoms with Crippen LogP contribution in [-0.2, 0) is 24.3 Å². The van der Waals surface area contributed by atoms with Crippen LogP contribution in [0.5, 0.6) is 0 Å². The lowest BCUT2D eigenvalue weighted by Crippen LogP contribution is -2.23. The van der Waals surface area contributed by atoms with Crippen molar-refractivity contribution in [1.82, 2.24) is 0 Å². The van der Waals surface area contributed by atoms with Gasteiger partial charge in [-0.05, 0) is 23.6 Å². The number of carbonyl (C=O) groups is 2. The molecule has 0 aliphatic heterocycles. The lowest BCUT2D eigenvalue weighted by molar-refractivity contribution is -0.149. The van der Waals surface area contributed by atoms with E-state index in [-0.39, 0.29) is 22.4 Å². The van der Waals surface area contributed by atoms with E-state index in [0.29, 0.717) is 0 Å². The van der Waals surface area contributed by atoms with Gasteiger partial charge in [-0.1, -0.05) is 26.8 Å². The number of primary sulfonamides is 1. The molecular formula is C14H20N2O5S. The average molecular weight is 328 g/mol. The highest BCUT2D eigenvalue weighted by atomic mass is 32.2. The van der Waals surface area contributed by atoms with Crippen molar-refractivity contribution in [3.05, 3.63) is 24.3 Å². The molecule has 0 spiro atoms. The van der Waals surface area contributed by atoms with Gasteiger partial charge in [0, 0.05) is 5.69 Å². The normalized spacial score (nSPS) is 11.8. The Morgan fingerprint density at radius 2 is 1.91 bits per heavy atom. The van der Waals surface area contributed by atoms with Gasteiger partial charge in [0.1, 0.15) is 0 Å². The quantitative estimate of drug-likeness (QED) is 0.789. The lowest BCUT2D eigenvalue weighted by atomic mass is 9.93. The second kappa shape index (κ2) is 6.89. The summed E-state index contributed by atoms with van der Waals surface area (Å²) in [6, 6.07) is 5.49. The summed E-state index contributed by atoms with van der Waals surface area (Å²) in [5.41, 5.74) is 0.0283. The molecule has 0 saturated heterocycles. The number of hydrogen-bond donors (Lipinski definition) is 2. The van der Waals surface area contributed by atoms with Crippen LogP contribution in [0.25, 0.3) is 0 Å². The van der Waals surface area contributed by atoms with Crippen LogP contribution < -0.4 is 10.5 Å². The summed E-state index contributed by atoms with van der Waals surface area (Å²) in [6.45, 7) is 5.21. The minimum absolute atomic E-state index is 0.116. The zero-order chi connectivity index (χ0) is 17.0. The van der Waals surface area contributed by atoms with Crippen molar-refractivity contribution in [3.8, 4) is 0 Å². The maximum atomic E-state index is 11.7. The third-order valence-corrected chi connectivity index (χ3v) is 3.40. The van der Waals surface area contributed by atoms with Gasteiger partial charge in [0.25, 0.3) is 5.91 Å². The van der Waals surface area contributed by atoms with Gasteiger partial charge < -0.3 is 10.1 Å². The molecule has 0 atom stereocenters. The highest BCUT2D eigenvalue weighted by Gasteiger charge is 2.18. The molecule has 0 saturated carbocycles. The van der Waals surface area contributed by atoms with Crippen LogP contribution in [0.15, 0.2) is 29.2 Å². The molecule has 1 aromatic rings. The first kappa shape index (κ1) is 18.1. The Morgan fingerprint density at radius 1 is 1.27 bits per heavy atom. The minimum Gasteiger partial charge on any atom is -0.456 e. The van der Waals surface area contributed by atoms with Crippen molar-refractivity contribution >= 4 is 27.6 Å². The number of hydrogen-bond acceptors (Lipinski definition) is 5. The van der Waals surface area contributed by atoms with E-state index in [2.05, 4.69) is 5.32 Å². The molecule has 8 heteroatoms. The first-order chi connectivity index (χ1) is 9.97. The second-order valence-corrected chi connectivity index (χ2v) is 7.58. The van der Waals surface area contributed by atoms with E-state index in [1.165, 1.54) is 24.3 Å². The van der Waals surface area contributed by atoms with Crippen LogP contribution in [0.1, 0.15) is 27.2 Å². The van der Waals surface area contributed by atoms with E-state index in [4.69, 9.17) is 9.88 Å².